The van der Waals surface area contributed by atoms with E-state index in [2.05, 4.69) is 15.5 Å². The van der Waals surface area contributed by atoms with Crippen LogP contribution in [0.5, 0.6) is 0 Å². The molecule has 18 heavy (non-hydrogen) atoms. The molecule has 0 bridgehead atoms. The molecule has 2 rings (SSSR count). The van der Waals surface area contributed by atoms with E-state index in [-0.39, 0.29) is 5.91 Å². The van der Waals surface area contributed by atoms with Crippen molar-refractivity contribution < 1.29 is 4.79 Å². The standard InChI is InChI=1S/C14H27N3O/c1-15-7-4-12-5-8-17(9-6-12)11-14(18)16-10-13-2-3-13/h12-13,15H,2-11H2,1H3,(H,16,18). The topological polar surface area (TPSA) is 44.4 Å². The molecule has 4 nitrogen and oxygen atoms in total. The monoisotopic (exact) mass is 253 g/mol. The minimum absolute atomic E-state index is 0.218. The molecule has 0 aromatic heterocycles. The van der Waals surface area contributed by atoms with Crippen LogP contribution in [0, 0.1) is 11.8 Å². The van der Waals surface area contributed by atoms with Gasteiger partial charge in [0.05, 0.1) is 6.54 Å². The Labute approximate surface area is 110 Å². The summed E-state index contributed by atoms with van der Waals surface area (Å²) in [5.41, 5.74) is 0. The van der Waals surface area contributed by atoms with Gasteiger partial charge in [-0.15, -0.1) is 0 Å². The van der Waals surface area contributed by atoms with Crippen LogP contribution in [0.4, 0.5) is 0 Å². The van der Waals surface area contributed by atoms with Crippen LogP contribution in [0.15, 0.2) is 0 Å². The second-order valence-electron chi connectivity index (χ2n) is 5.86. The van der Waals surface area contributed by atoms with Crippen LogP contribution in [0.3, 0.4) is 0 Å². The minimum Gasteiger partial charge on any atom is -0.355 e. The maximum Gasteiger partial charge on any atom is 0.234 e. The zero-order chi connectivity index (χ0) is 12.8. The molecule has 2 N–H and O–H groups in total. The summed E-state index contributed by atoms with van der Waals surface area (Å²) in [6.45, 7) is 4.80. The van der Waals surface area contributed by atoms with Crippen LogP contribution in [0.2, 0.25) is 0 Å². The van der Waals surface area contributed by atoms with Gasteiger partial charge in [0.2, 0.25) is 5.91 Å². The summed E-state index contributed by atoms with van der Waals surface area (Å²) in [6, 6.07) is 0. The lowest BCUT2D eigenvalue weighted by Gasteiger charge is -2.31. The van der Waals surface area contributed by atoms with Crippen molar-refractivity contribution in [3.8, 4) is 0 Å². The van der Waals surface area contributed by atoms with E-state index in [9.17, 15) is 4.79 Å². The Bertz CT molecular complexity index is 258. The highest BCUT2D eigenvalue weighted by Gasteiger charge is 2.23. The molecule has 0 unspecified atom stereocenters. The third-order valence-electron chi connectivity index (χ3n) is 4.16. The maximum atomic E-state index is 11.7. The van der Waals surface area contributed by atoms with Crippen molar-refractivity contribution >= 4 is 5.91 Å². The molecule has 104 valence electrons. The second kappa shape index (κ2) is 7.10. The highest BCUT2D eigenvalue weighted by Crippen LogP contribution is 2.27. The van der Waals surface area contributed by atoms with E-state index >= 15 is 0 Å². The number of nitrogens with one attached hydrogen (secondary N) is 2. The van der Waals surface area contributed by atoms with Crippen molar-refractivity contribution in [2.45, 2.75) is 32.1 Å². The van der Waals surface area contributed by atoms with Crippen molar-refractivity contribution in [2.75, 3.05) is 39.8 Å². The van der Waals surface area contributed by atoms with Crippen LogP contribution in [0.25, 0.3) is 0 Å². The third kappa shape index (κ3) is 4.94. The number of carbonyl (C=O) groups is 1. The highest BCUT2D eigenvalue weighted by molar-refractivity contribution is 5.78. The summed E-state index contributed by atoms with van der Waals surface area (Å²) in [4.78, 5) is 14.0. The molecule has 1 aliphatic carbocycles. The summed E-state index contributed by atoms with van der Waals surface area (Å²) in [7, 11) is 2.01. The highest BCUT2D eigenvalue weighted by atomic mass is 16.2. The SMILES string of the molecule is CNCCC1CCN(CC(=O)NCC2CC2)CC1. The van der Waals surface area contributed by atoms with E-state index in [0.717, 1.165) is 38.0 Å². The predicted octanol–water partition coefficient (Wildman–Crippen LogP) is 0.834. The molecule has 2 aliphatic rings. The Morgan fingerprint density at radius 3 is 2.50 bits per heavy atom. The summed E-state index contributed by atoms with van der Waals surface area (Å²) in [5.74, 6) is 1.85. The Morgan fingerprint density at radius 1 is 1.17 bits per heavy atom. The first kappa shape index (κ1) is 13.8. The number of carbonyl (C=O) groups excluding carboxylic acids is 1. The fourth-order valence-corrected chi connectivity index (χ4v) is 2.62. The lowest BCUT2D eigenvalue weighted by Crippen LogP contribution is -2.42. The van der Waals surface area contributed by atoms with Crippen molar-refractivity contribution in [3.05, 3.63) is 0 Å². The smallest absolute Gasteiger partial charge is 0.234 e. The molecule has 0 radical (unpaired) electrons. The van der Waals surface area contributed by atoms with Crippen molar-refractivity contribution in [3.63, 3.8) is 0 Å². The zero-order valence-corrected chi connectivity index (χ0v) is 11.6. The van der Waals surface area contributed by atoms with Crippen molar-refractivity contribution in [1.29, 1.82) is 0 Å². The normalized spacial score (nSPS) is 22.1. The molecular weight excluding hydrogens is 226 g/mol. The number of rotatable bonds is 7. The quantitative estimate of drug-likeness (QED) is 0.706. The van der Waals surface area contributed by atoms with E-state index < -0.39 is 0 Å². The van der Waals surface area contributed by atoms with Gasteiger partial charge in [0.15, 0.2) is 0 Å². The van der Waals surface area contributed by atoms with Crippen molar-refractivity contribution in [2.24, 2.45) is 11.8 Å². The molecule has 0 spiro atoms. The van der Waals surface area contributed by atoms with Gasteiger partial charge >= 0.3 is 0 Å². The molecule has 2 fully saturated rings. The fourth-order valence-electron chi connectivity index (χ4n) is 2.62. The van der Waals surface area contributed by atoms with Gasteiger partial charge in [-0.3, -0.25) is 9.69 Å². The molecule has 0 atom stereocenters. The fraction of sp³-hybridized carbons (Fsp3) is 0.929. The molecule has 0 aromatic carbocycles. The van der Waals surface area contributed by atoms with Gasteiger partial charge in [0.1, 0.15) is 0 Å². The molecular formula is C14H27N3O. The van der Waals surface area contributed by atoms with Gasteiger partial charge in [-0.1, -0.05) is 0 Å². The average Bonchev–Trinajstić information content (AvgIpc) is 3.20. The summed E-state index contributed by atoms with van der Waals surface area (Å²) >= 11 is 0. The van der Waals surface area contributed by atoms with Gasteiger partial charge in [0, 0.05) is 6.54 Å². The van der Waals surface area contributed by atoms with Gasteiger partial charge in [-0.25, -0.2) is 0 Å². The first-order valence-corrected chi connectivity index (χ1v) is 7.41. The number of amides is 1. The number of hydrogen-bond donors (Lipinski definition) is 2. The Hall–Kier alpha value is -0.610. The van der Waals surface area contributed by atoms with Gasteiger partial charge in [0.25, 0.3) is 0 Å². The van der Waals surface area contributed by atoms with Crippen molar-refractivity contribution in [1.82, 2.24) is 15.5 Å². The molecule has 4 heteroatoms. The zero-order valence-electron chi connectivity index (χ0n) is 11.6. The first-order chi connectivity index (χ1) is 8.78. The molecule has 1 amide bonds. The summed E-state index contributed by atoms with van der Waals surface area (Å²) in [5, 5.41) is 6.26. The number of piperidine rings is 1. The van der Waals surface area contributed by atoms with E-state index in [1.54, 1.807) is 0 Å². The van der Waals surface area contributed by atoms with Crippen LogP contribution in [-0.4, -0.2) is 50.6 Å². The molecule has 1 saturated heterocycles. The van der Waals surface area contributed by atoms with E-state index in [1.165, 1.54) is 32.1 Å². The lowest BCUT2D eigenvalue weighted by molar-refractivity contribution is -0.122. The maximum absolute atomic E-state index is 11.7. The van der Waals surface area contributed by atoms with Gasteiger partial charge in [-0.05, 0) is 70.6 Å². The largest absolute Gasteiger partial charge is 0.355 e. The van der Waals surface area contributed by atoms with E-state index in [0.29, 0.717) is 6.54 Å². The van der Waals surface area contributed by atoms with Crippen LogP contribution < -0.4 is 10.6 Å². The molecule has 0 aromatic rings. The van der Waals surface area contributed by atoms with Crippen LogP contribution >= 0.6 is 0 Å². The Kier molecular flexibility index (Phi) is 5.45. The van der Waals surface area contributed by atoms with E-state index in [4.69, 9.17) is 0 Å². The average molecular weight is 253 g/mol. The van der Waals surface area contributed by atoms with Gasteiger partial charge in [-0.2, -0.15) is 0 Å². The number of likely N-dealkylation sites (tertiary alicyclic amines) is 1. The lowest BCUT2D eigenvalue weighted by atomic mass is 9.93. The van der Waals surface area contributed by atoms with E-state index in [1.807, 2.05) is 7.05 Å². The molecule has 1 aliphatic heterocycles. The van der Waals surface area contributed by atoms with Crippen LogP contribution in [-0.2, 0) is 4.79 Å². The van der Waals surface area contributed by atoms with Crippen LogP contribution in [0.1, 0.15) is 32.1 Å². The second-order valence-corrected chi connectivity index (χ2v) is 5.86. The third-order valence-corrected chi connectivity index (χ3v) is 4.16. The Morgan fingerprint density at radius 2 is 1.89 bits per heavy atom. The summed E-state index contributed by atoms with van der Waals surface area (Å²) < 4.78 is 0. The summed E-state index contributed by atoms with van der Waals surface area (Å²) in [6.07, 6.45) is 6.38. The molecule has 1 saturated carbocycles. The minimum atomic E-state index is 0.218. The first-order valence-electron chi connectivity index (χ1n) is 7.41. The molecule has 1 heterocycles. The van der Waals surface area contributed by atoms with Gasteiger partial charge < -0.3 is 10.6 Å². The Balaban J connectivity index is 1.55. The number of nitrogens with zero attached hydrogens (tertiary/aromatic N) is 1. The predicted molar refractivity (Wildman–Crippen MR) is 73.4 cm³/mol. The number of hydrogen-bond acceptors (Lipinski definition) is 3.